The number of nitrogens with zero attached hydrogens (tertiary/aromatic N) is 1. The first-order valence-corrected chi connectivity index (χ1v) is 9.61. The highest BCUT2D eigenvalue weighted by molar-refractivity contribution is 6.05. The van der Waals surface area contributed by atoms with Crippen LogP contribution < -0.4 is 10.2 Å². The number of benzene rings is 2. The number of hydrogen-bond donors (Lipinski definition) is 2. The highest BCUT2D eigenvalue weighted by atomic mass is 16.5. The van der Waals surface area contributed by atoms with Crippen molar-refractivity contribution in [3.63, 3.8) is 0 Å². The molecule has 7 heteroatoms. The summed E-state index contributed by atoms with van der Waals surface area (Å²) in [5.41, 5.74) is 3.50. The quantitative estimate of drug-likeness (QED) is 0.614. The van der Waals surface area contributed by atoms with Gasteiger partial charge in [0.25, 0.3) is 0 Å². The number of rotatable bonds is 4. The lowest BCUT2D eigenvalue weighted by Crippen LogP contribution is -2.28. The van der Waals surface area contributed by atoms with E-state index >= 15 is 0 Å². The van der Waals surface area contributed by atoms with Crippen LogP contribution in [0.25, 0.3) is 0 Å². The highest BCUT2D eigenvalue weighted by Gasteiger charge is 2.36. The summed E-state index contributed by atoms with van der Waals surface area (Å²) in [5.74, 6) is -2.07. The molecule has 7 nitrogen and oxygen atoms in total. The molecule has 29 heavy (non-hydrogen) atoms. The van der Waals surface area contributed by atoms with E-state index in [1.54, 1.807) is 4.90 Å². The second-order valence-corrected chi connectivity index (χ2v) is 7.39. The molecule has 0 bridgehead atoms. The van der Waals surface area contributed by atoms with Gasteiger partial charge < -0.3 is 20.1 Å². The van der Waals surface area contributed by atoms with Gasteiger partial charge in [0.1, 0.15) is 5.56 Å². The Morgan fingerprint density at radius 1 is 1.17 bits per heavy atom. The minimum atomic E-state index is -0.697. The van der Waals surface area contributed by atoms with E-state index in [9.17, 15) is 19.5 Å². The van der Waals surface area contributed by atoms with Crippen LogP contribution >= 0.6 is 0 Å². The molecule has 2 N–H and O–H groups in total. The Bertz CT molecular complexity index is 1000. The van der Waals surface area contributed by atoms with Crippen LogP contribution in [0.3, 0.4) is 0 Å². The number of phenolic OH excluding ortho intramolecular Hbond substituents is 1. The second kappa shape index (κ2) is 7.58. The number of phenols is 1. The number of carbonyl (C=O) groups excluding carboxylic acids is 3. The Morgan fingerprint density at radius 2 is 1.97 bits per heavy atom. The number of carbonyl (C=O) groups is 3. The van der Waals surface area contributed by atoms with Crippen LogP contribution in [-0.2, 0) is 27.2 Å². The van der Waals surface area contributed by atoms with Crippen molar-refractivity contribution in [3.05, 3.63) is 53.1 Å². The van der Waals surface area contributed by atoms with E-state index in [0.29, 0.717) is 0 Å². The molecule has 1 atom stereocenters. The van der Waals surface area contributed by atoms with Crippen LogP contribution in [0.15, 0.2) is 36.4 Å². The van der Waals surface area contributed by atoms with Crippen LogP contribution in [0, 0.1) is 5.92 Å². The van der Waals surface area contributed by atoms with Gasteiger partial charge >= 0.3 is 5.97 Å². The van der Waals surface area contributed by atoms with Crippen molar-refractivity contribution in [2.24, 2.45) is 5.92 Å². The third-order valence-electron chi connectivity index (χ3n) is 5.59. The normalized spacial score (nSPS) is 17.9. The number of nitrogens with one attached hydrogen (secondary N) is 1. The molecule has 1 saturated heterocycles. The van der Waals surface area contributed by atoms with Crippen molar-refractivity contribution in [3.8, 4) is 5.75 Å². The van der Waals surface area contributed by atoms with E-state index in [-0.39, 0.29) is 41.8 Å². The first-order valence-electron chi connectivity index (χ1n) is 9.61. The molecule has 1 fully saturated rings. The summed E-state index contributed by atoms with van der Waals surface area (Å²) in [6.45, 7) is 0.279. The van der Waals surface area contributed by atoms with Gasteiger partial charge in [-0.2, -0.15) is 0 Å². The number of para-hydroxylation sites is 1. The molecule has 2 aromatic rings. The third-order valence-corrected chi connectivity index (χ3v) is 5.59. The maximum absolute atomic E-state index is 12.7. The number of hydrogen-bond acceptors (Lipinski definition) is 5. The second-order valence-electron chi connectivity index (χ2n) is 7.39. The molecule has 1 aliphatic heterocycles. The van der Waals surface area contributed by atoms with Crippen LogP contribution in [0.1, 0.15) is 34.3 Å². The van der Waals surface area contributed by atoms with E-state index in [0.717, 1.165) is 24.9 Å². The lowest BCUT2D eigenvalue weighted by Gasteiger charge is -2.18. The van der Waals surface area contributed by atoms with E-state index in [1.807, 2.05) is 12.1 Å². The maximum atomic E-state index is 12.7. The summed E-state index contributed by atoms with van der Waals surface area (Å²) in [6, 6.07) is 10.5. The number of aryl methyl sites for hydroxylation is 2. The van der Waals surface area contributed by atoms with E-state index in [4.69, 9.17) is 0 Å². The molecule has 0 radical (unpaired) electrons. The standard InChI is InChI=1S/C22H22N2O5/c1-29-22(28)17-6-3-7-18(20(17)26)23-21(27)15-11-19(25)24(12-15)16-9-8-13-4-2-5-14(13)10-16/h3,6-10,15,26H,2,4-5,11-12H2,1H3,(H,23,27). The van der Waals surface area contributed by atoms with Crippen molar-refractivity contribution in [1.82, 2.24) is 0 Å². The summed E-state index contributed by atoms with van der Waals surface area (Å²) in [7, 11) is 1.21. The van der Waals surface area contributed by atoms with Crippen molar-refractivity contribution < 1.29 is 24.2 Å². The molecule has 0 spiro atoms. The number of anilines is 2. The summed E-state index contributed by atoms with van der Waals surface area (Å²) >= 11 is 0. The highest BCUT2D eigenvalue weighted by Crippen LogP contribution is 2.32. The van der Waals surface area contributed by atoms with Gasteiger partial charge in [-0.3, -0.25) is 9.59 Å². The molecule has 1 heterocycles. The van der Waals surface area contributed by atoms with Crippen molar-refractivity contribution in [2.75, 3.05) is 23.9 Å². The number of ether oxygens (including phenoxy) is 1. The molecule has 150 valence electrons. The maximum Gasteiger partial charge on any atom is 0.341 e. The Morgan fingerprint density at radius 3 is 2.76 bits per heavy atom. The van der Waals surface area contributed by atoms with Crippen molar-refractivity contribution >= 4 is 29.2 Å². The van der Waals surface area contributed by atoms with Crippen LogP contribution in [-0.4, -0.2) is 36.5 Å². The predicted octanol–water partition coefficient (Wildman–Crippen LogP) is 2.66. The van der Waals surface area contributed by atoms with Gasteiger partial charge in [0, 0.05) is 18.7 Å². The minimum absolute atomic E-state index is 0.0347. The molecular weight excluding hydrogens is 372 g/mol. The lowest BCUT2D eigenvalue weighted by atomic mass is 10.1. The van der Waals surface area contributed by atoms with Crippen molar-refractivity contribution in [1.29, 1.82) is 0 Å². The molecule has 1 aliphatic carbocycles. The van der Waals surface area contributed by atoms with Gasteiger partial charge in [-0.15, -0.1) is 0 Å². The first kappa shape index (κ1) is 19.0. The molecule has 0 aromatic heterocycles. The van der Waals surface area contributed by atoms with Gasteiger partial charge in [0.05, 0.1) is 18.7 Å². The fourth-order valence-electron chi connectivity index (χ4n) is 4.01. The fourth-order valence-corrected chi connectivity index (χ4v) is 4.01. The smallest absolute Gasteiger partial charge is 0.341 e. The predicted molar refractivity (Wildman–Crippen MR) is 107 cm³/mol. The largest absolute Gasteiger partial charge is 0.505 e. The molecule has 2 amide bonds. The van der Waals surface area contributed by atoms with E-state index < -0.39 is 11.9 Å². The Balaban J connectivity index is 1.48. The molecule has 2 aromatic carbocycles. The summed E-state index contributed by atoms with van der Waals surface area (Å²) < 4.78 is 4.62. The number of methoxy groups -OCH3 is 1. The van der Waals surface area contributed by atoms with Gasteiger partial charge in [-0.05, 0) is 54.7 Å². The van der Waals surface area contributed by atoms with Crippen LogP contribution in [0.4, 0.5) is 11.4 Å². The van der Waals surface area contributed by atoms with Crippen molar-refractivity contribution in [2.45, 2.75) is 25.7 Å². The SMILES string of the molecule is COC(=O)c1cccc(NC(=O)C2CC(=O)N(c3ccc4c(c3)CCC4)C2)c1O. The first-order chi connectivity index (χ1) is 14.0. The van der Waals surface area contributed by atoms with Gasteiger partial charge in [0.2, 0.25) is 11.8 Å². The molecular formula is C22H22N2O5. The van der Waals surface area contributed by atoms with Gasteiger partial charge in [-0.1, -0.05) is 12.1 Å². The van der Waals surface area contributed by atoms with Gasteiger partial charge in [-0.25, -0.2) is 4.79 Å². The fraction of sp³-hybridized carbons (Fsp3) is 0.318. The zero-order valence-corrected chi connectivity index (χ0v) is 16.1. The molecule has 2 aliphatic rings. The van der Waals surface area contributed by atoms with E-state index in [2.05, 4.69) is 16.1 Å². The number of aromatic hydroxyl groups is 1. The van der Waals surface area contributed by atoms with E-state index in [1.165, 1.54) is 36.4 Å². The Hall–Kier alpha value is -3.35. The van der Waals surface area contributed by atoms with Gasteiger partial charge in [0.15, 0.2) is 5.75 Å². The summed E-state index contributed by atoms with van der Waals surface area (Å²) in [4.78, 5) is 38.6. The number of amides is 2. The lowest BCUT2D eigenvalue weighted by molar-refractivity contribution is -0.122. The Labute approximate surface area is 168 Å². The monoisotopic (exact) mass is 394 g/mol. The van der Waals surface area contributed by atoms with Crippen LogP contribution in [0.5, 0.6) is 5.75 Å². The topological polar surface area (TPSA) is 95.9 Å². The average molecular weight is 394 g/mol. The minimum Gasteiger partial charge on any atom is -0.505 e. The Kier molecular flexibility index (Phi) is 4.96. The summed E-state index contributed by atoms with van der Waals surface area (Å²) in [5, 5.41) is 12.9. The third kappa shape index (κ3) is 3.55. The number of esters is 1. The molecule has 0 saturated carbocycles. The molecule has 1 unspecified atom stereocenters. The summed E-state index contributed by atoms with van der Waals surface area (Å²) in [6.07, 6.45) is 3.32. The average Bonchev–Trinajstić information content (AvgIpc) is 3.34. The van der Waals surface area contributed by atoms with Crippen LogP contribution in [0.2, 0.25) is 0 Å². The molecule has 4 rings (SSSR count). The number of fused-ring (bicyclic) bond motifs is 1. The zero-order chi connectivity index (χ0) is 20.5. The zero-order valence-electron chi connectivity index (χ0n) is 16.1.